The summed E-state index contributed by atoms with van der Waals surface area (Å²) in [4.78, 5) is 16.8. The zero-order valence-corrected chi connectivity index (χ0v) is 13.9. The number of nitrogens with one attached hydrogen (secondary N) is 1. The Balaban J connectivity index is 2.04. The summed E-state index contributed by atoms with van der Waals surface area (Å²) in [5.41, 5.74) is 3.11. The topological polar surface area (TPSA) is 46.9 Å². The molecule has 6 heteroatoms. The number of nitrogens with zero attached hydrogens (tertiary/aromatic N) is 2. The molecule has 0 aliphatic carbocycles. The average Bonchev–Trinajstić information content (AvgIpc) is 2.62. The molecule has 1 N–H and O–H groups in total. The van der Waals surface area contributed by atoms with Gasteiger partial charge in [0.15, 0.2) is 0 Å². The third-order valence-electron chi connectivity index (χ3n) is 4.10. The summed E-state index contributed by atoms with van der Waals surface area (Å²) in [6.07, 6.45) is 1.06. The van der Waals surface area contributed by atoms with Gasteiger partial charge in [-0.3, -0.25) is 9.78 Å². The zero-order valence-electron chi connectivity index (χ0n) is 13.9. The average molecular weight is 343 g/mol. The van der Waals surface area contributed by atoms with Crippen LogP contribution in [-0.4, -0.2) is 22.5 Å². The van der Waals surface area contributed by atoms with Gasteiger partial charge in [-0.2, -0.15) is 0 Å². The lowest BCUT2D eigenvalue weighted by Crippen LogP contribution is -2.29. The van der Waals surface area contributed by atoms with Crippen LogP contribution in [0.1, 0.15) is 12.5 Å². The van der Waals surface area contributed by atoms with Crippen molar-refractivity contribution < 1.29 is 8.78 Å². The van der Waals surface area contributed by atoms with Crippen LogP contribution in [-0.2, 0) is 13.1 Å². The fourth-order valence-corrected chi connectivity index (χ4v) is 2.90. The van der Waals surface area contributed by atoms with E-state index in [9.17, 15) is 13.6 Å². The second kappa shape index (κ2) is 7.53. The molecule has 0 saturated heterocycles. The van der Waals surface area contributed by atoms with Crippen molar-refractivity contribution in [1.82, 2.24) is 14.9 Å². The third-order valence-corrected chi connectivity index (χ3v) is 4.10. The molecule has 4 nitrogen and oxygen atoms in total. The summed E-state index contributed by atoms with van der Waals surface area (Å²) in [5.74, 6) is 0. The van der Waals surface area contributed by atoms with Gasteiger partial charge in [0.25, 0.3) is 12.0 Å². The number of halogens is 2. The van der Waals surface area contributed by atoms with E-state index in [1.54, 1.807) is 23.0 Å². The summed E-state index contributed by atoms with van der Waals surface area (Å²) in [5, 5.41) is 3.53. The molecule has 25 heavy (non-hydrogen) atoms. The van der Waals surface area contributed by atoms with Gasteiger partial charge in [0.05, 0.1) is 12.1 Å². The van der Waals surface area contributed by atoms with E-state index in [-0.39, 0.29) is 12.1 Å². The van der Waals surface area contributed by atoms with E-state index in [0.717, 1.165) is 22.0 Å². The molecule has 2 aromatic heterocycles. The van der Waals surface area contributed by atoms with Gasteiger partial charge in [0.2, 0.25) is 0 Å². The summed E-state index contributed by atoms with van der Waals surface area (Å²) >= 11 is 0. The van der Waals surface area contributed by atoms with Crippen LogP contribution in [0, 0.1) is 0 Å². The van der Waals surface area contributed by atoms with Gasteiger partial charge < -0.3 is 9.88 Å². The van der Waals surface area contributed by atoms with Gasteiger partial charge in [-0.05, 0) is 36.1 Å². The number of fused-ring (bicyclic) bond motifs is 1. The number of benzene rings is 1. The van der Waals surface area contributed by atoms with Crippen molar-refractivity contribution in [2.24, 2.45) is 0 Å². The highest BCUT2D eigenvalue weighted by atomic mass is 19.3. The minimum atomic E-state index is -2.43. The highest BCUT2D eigenvalue weighted by molar-refractivity contribution is 5.85. The molecular weight excluding hydrogens is 324 g/mol. The maximum atomic E-state index is 12.7. The molecule has 0 atom stereocenters. The number of pyridine rings is 2. The molecule has 0 unspecified atom stereocenters. The Bertz CT molecular complexity index is 923. The molecule has 0 bridgehead atoms. The predicted octanol–water partition coefficient (Wildman–Crippen LogP) is 3.44. The summed E-state index contributed by atoms with van der Waals surface area (Å²) < 4.78 is 26.3. The maximum Gasteiger partial charge on any atom is 0.255 e. The minimum Gasteiger partial charge on any atom is -0.308 e. The van der Waals surface area contributed by atoms with Gasteiger partial charge in [-0.1, -0.05) is 18.2 Å². The van der Waals surface area contributed by atoms with Crippen LogP contribution in [0.5, 0.6) is 0 Å². The second-order valence-corrected chi connectivity index (χ2v) is 5.76. The van der Waals surface area contributed by atoms with E-state index in [4.69, 9.17) is 0 Å². The molecule has 130 valence electrons. The monoisotopic (exact) mass is 343 g/mol. The molecule has 0 radical (unpaired) electrons. The number of aromatic nitrogens is 2. The standard InChI is InChI=1S/C19H19F2N3O/c1-2-24-17-9-13(15-4-3-7-22-10-15)5-6-14(17)8-16(19(24)25)11-23-12-18(20)21/h3-10,18,23H,2,11-12H2,1H3. The molecule has 0 aliphatic rings. The van der Waals surface area contributed by atoms with Crippen LogP contribution in [0.3, 0.4) is 0 Å². The predicted molar refractivity (Wildman–Crippen MR) is 94.8 cm³/mol. The Labute approximate surface area is 144 Å². The van der Waals surface area contributed by atoms with Crippen molar-refractivity contribution in [2.45, 2.75) is 26.4 Å². The molecule has 1 aromatic carbocycles. The van der Waals surface area contributed by atoms with E-state index >= 15 is 0 Å². The molecule has 0 aliphatic heterocycles. The van der Waals surface area contributed by atoms with Gasteiger partial charge in [0.1, 0.15) is 0 Å². The van der Waals surface area contributed by atoms with Crippen LogP contribution in [0.4, 0.5) is 8.78 Å². The van der Waals surface area contributed by atoms with Crippen molar-refractivity contribution in [3.8, 4) is 11.1 Å². The number of rotatable bonds is 6. The maximum absolute atomic E-state index is 12.7. The Kier molecular flexibility index (Phi) is 5.19. The lowest BCUT2D eigenvalue weighted by Gasteiger charge is -2.13. The van der Waals surface area contributed by atoms with E-state index in [1.807, 2.05) is 37.3 Å². The lowest BCUT2D eigenvalue weighted by molar-refractivity contribution is 0.145. The van der Waals surface area contributed by atoms with Crippen LogP contribution in [0.15, 0.2) is 53.6 Å². The first-order chi connectivity index (χ1) is 12.1. The van der Waals surface area contributed by atoms with Crippen molar-refractivity contribution in [3.05, 3.63) is 64.7 Å². The minimum absolute atomic E-state index is 0.128. The quantitative estimate of drug-likeness (QED) is 0.746. The Morgan fingerprint density at radius 3 is 2.72 bits per heavy atom. The van der Waals surface area contributed by atoms with E-state index < -0.39 is 13.0 Å². The molecule has 0 fully saturated rings. The summed E-state index contributed by atoms with van der Waals surface area (Å²) in [7, 11) is 0. The van der Waals surface area contributed by atoms with Crippen molar-refractivity contribution in [2.75, 3.05) is 6.54 Å². The van der Waals surface area contributed by atoms with Gasteiger partial charge in [-0.25, -0.2) is 8.78 Å². The molecule has 2 heterocycles. The van der Waals surface area contributed by atoms with Gasteiger partial charge in [0, 0.05) is 36.6 Å². The molecule has 3 aromatic rings. The number of aryl methyl sites for hydroxylation is 1. The highest BCUT2D eigenvalue weighted by Crippen LogP contribution is 2.23. The van der Waals surface area contributed by atoms with E-state index in [1.165, 1.54) is 0 Å². The first kappa shape index (κ1) is 17.2. The SMILES string of the molecule is CCn1c(=O)c(CNCC(F)F)cc2ccc(-c3cccnc3)cc21. The normalized spacial score (nSPS) is 11.4. The zero-order chi connectivity index (χ0) is 17.8. The highest BCUT2D eigenvalue weighted by Gasteiger charge is 2.10. The summed E-state index contributed by atoms with van der Waals surface area (Å²) in [6, 6.07) is 11.5. The largest absolute Gasteiger partial charge is 0.308 e. The van der Waals surface area contributed by atoms with Gasteiger partial charge in [-0.15, -0.1) is 0 Å². The number of hydrogen-bond donors (Lipinski definition) is 1. The number of hydrogen-bond acceptors (Lipinski definition) is 3. The first-order valence-corrected chi connectivity index (χ1v) is 8.16. The van der Waals surface area contributed by atoms with Crippen LogP contribution >= 0.6 is 0 Å². The molecule has 0 amide bonds. The first-order valence-electron chi connectivity index (χ1n) is 8.16. The number of alkyl halides is 2. The Hall–Kier alpha value is -2.60. The Morgan fingerprint density at radius 1 is 1.20 bits per heavy atom. The fourth-order valence-electron chi connectivity index (χ4n) is 2.90. The van der Waals surface area contributed by atoms with Crippen LogP contribution in [0.2, 0.25) is 0 Å². The third kappa shape index (κ3) is 3.74. The molecular formula is C19H19F2N3O. The lowest BCUT2D eigenvalue weighted by atomic mass is 10.0. The van der Waals surface area contributed by atoms with Gasteiger partial charge >= 0.3 is 0 Å². The molecule has 0 saturated carbocycles. The smallest absolute Gasteiger partial charge is 0.255 e. The summed E-state index contributed by atoms with van der Waals surface area (Å²) in [6.45, 7) is 2.11. The van der Waals surface area contributed by atoms with Crippen molar-refractivity contribution in [1.29, 1.82) is 0 Å². The Morgan fingerprint density at radius 2 is 2.04 bits per heavy atom. The van der Waals surface area contributed by atoms with Crippen molar-refractivity contribution in [3.63, 3.8) is 0 Å². The molecule has 3 rings (SSSR count). The van der Waals surface area contributed by atoms with Crippen LogP contribution < -0.4 is 10.9 Å². The molecule has 0 spiro atoms. The second-order valence-electron chi connectivity index (χ2n) is 5.76. The van der Waals surface area contributed by atoms with E-state index in [0.29, 0.717) is 12.1 Å². The van der Waals surface area contributed by atoms with Crippen LogP contribution in [0.25, 0.3) is 22.0 Å². The van der Waals surface area contributed by atoms with Crippen molar-refractivity contribution >= 4 is 10.9 Å². The fraction of sp³-hybridized carbons (Fsp3) is 0.263. The van der Waals surface area contributed by atoms with E-state index in [2.05, 4.69) is 10.3 Å².